The molecule has 3 amide bonds. The molecule has 2 aliphatic rings. The molecule has 0 unspecified atom stereocenters. The van der Waals surface area contributed by atoms with Crippen molar-refractivity contribution in [2.75, 3.05) is 19.6 Å². The van der Waals surface area contributed by atoms with Crippen LogP contribution in [0.25, 0.3) is 0 Å². The second kappa shape index (κ2) is 8.61. The number of hydrogen-bond donors (Lipinski definition) is 0. The molecule has 3 heterocycles. The summed E-state index contributed by atoms with van der Waals surface area (Å²) in [5.41, 5.74) is 1.72. The number of hydrogen-bond acceptors (Lipinski definition) is 6. The number of likely N-dealkylation sites (tertiary alicyclic amines) is 1. The van der Waals surface area contributed by atoms with E-state index in [1.807, 2.05) is 17.9 Å². The van der Waals surface area contributed by atoms with Crippen LogP contribution in [0.3, 0.4) is 0 Å². The molecule has 0 radical (unpaired) electrons. The van der Waals surface area contributed by atoms with Gasteiger partial charge >= 0.3 is 0 Å². The smallest absolute Gasteiger partial charge is 0.261 e. The molecular weight excluding hydrogens is 384 g/mol. The van der Waals surface area contributed by atoms with Crippen LogP contribution in [0.1, 0.15) is 52.1 Å². The van der Waals surface area contributed by atoms with Crippen molar-refractivity contribution in [3.63, 3.8) is 0 Å². The van der Waals surface area contributed by atoms with Crippen molar-refractivity contribution in [1.82, 2.24) is 20.0 Å². The van der Waals surface area contributed by atoms with Crippen LogP contribution in [0.15, 0.2) is 36.4 Å². The molecule has 1 aromatic heterocycles. The Morgan fingerprint density at radius 3 is 2.30 bits per heavy atom. The molecule has 8 nitrogen and oxygen atoms in total. The first kappa shape index (κ1) is 20.0. The number of ether oxygens (including phenoxy) is 1. The van der Waals surface area contributed by atoms with Gasteiger partial charge in [0.1, 0.15) is 6.10 Å². The maximum Gasteiger partial charge on any atom is 0.261 e. The number of piperidine rings is 1. The first-order valence-corrected chi connectivity index (χ1v) is 10.2. The first-order valence-electron chi connectivity index (χ1n) is 10.2. The normalized spacial score (nSPS) is 16.7. The Balaban J connectivity index is 1.21. The third-order valence-electron chi connectivity index (χ3n) is 5.51. The average Bonchev–Trinajstić information content (AvgIpc) is 3.01. The molecule has 4 rings (SSSR count). The van der Waals surface area contributed by atoms with Crippen molar-refractivity contribution in [3.8, 4) is 5.88 Å². The summed E-state index contributed by atoms with van der Waals surface area (Å²) >= 11 is 0. The summed E-state index contributed by atoms with van der Waals surface area (Å²) in [5, 5.41) is 8.01. The third kappa shape index (κ3) is 4.17. The first-order chi connectivity index (χ1) is 14.5. The second-order valence-corrected chi connectivity index (χ2v) is 7.62. The van der Waals surface area contributed by atoms with E-state index in [4.69, 9.17) is 4.74 Å². The number of carbonyl (C=O) groups is 3. The number of imide groups is 1. The minimum absolute atomic E-state index is 0.0180. The topological polar surface area (TPSA) is 92.7 Å². The Morgan fingerprint density at radius 2 is 1.70 bits per heavy atom. The molecule has 0 aliphatic carbocycles. The van der Waals surface area contributed by atoms with Gasteiger partial charge in [-0.05, 0) is 31.5 Å². The van der Waals surface area contributed by atoms with Crippen molar-refractivity contribution in [3.05, 3.63) is 53.2 Å². The molecule has 0 saturated carbocycles. The van der Waals surface area contributed by atoms with Gasteiger partial charge in [-0.1, -0.05) is 12.1 Å². The Bertz CT molecular complexity index is 917. The van der Waals surface area contributed by atoms with E-state index < -0.39 is 0 Å². The molecule has 0 atom stereocenters. The molecule has 8 heteroatoms. The van der Waals surface area contributed by atoms with Crippen LogP contribution in [0.5, 0.6) is 5.88 Å². The summed E-state index contributed by atoms with van der Waals surface area (Å²) in [4.78, 5) is 40.3. The fourth-order valence-electron chi connectivity index (χ4n) is 3.83. The summed E-state index contributed by atoms with van der Waals surface area (Å²) in [6.07, 6.45) is 2.26. The number of benzene rings is 1. The fourth-order valence-corrected chi connectivity index (χ4v) is 3.83. The molecule has 156 valence electrons. The summed E-state index contributed by atoms with van der Waals surface area (Å²) < 4.78 is 5.85. The molecule has 30 heavy (non-hydrogen) atoms. The highest BCUT2D eigenvalue weighted by molar-refractivity contribution is 6.21. The van der Waals surface area contributed by atoms with Gasteiger partial charge in [0.2, 0.25) is 11.8 Å². The zero-order chi connectivity index (χ0) is 21.1. The maximum absolute atomic E-state index is 12.5. The van der Waals surface area contributed by atoms with Crippen molar-refractivity contribution in [1.29, 1.82) is 0 Å². The Kier molecular flexibility index (Phi) is 5.74. The molecule has 1 fully saturated rings. The zero-order valence-electron chi connectivity index (χ0n) is 16.9. The SMILES string of the molecule is Cc1ccc(OC2CCN(C(=O)CCCN3C(=O)c4ccccc4C3=O)CC2)nn1. The van der Waals surface area contributed by atoms with Crippen molar-refractivity contribution >= 4 is 17.7 Å². The molecule has 1 saturated heterocycles. The number of nitrogens with zero attached hydrogens (tertiary/aromatic N) is 4. The van der Waals surface area contributed by atoms with E-state index in [1.165, 1.54) is 4.90 Å². The van der Waals surface area contributed by atoms with Gasteiger partial charge < -0.3 is 9.64 Å². The molecule has 2 aromatic rings. The van der Waals surface area contributed by atoms with Gasteiger partial charge in [0.05, 0.1) is 16.8 Å². The van der Waals surface area contributed by atoms with Gasteiger partial charge in [-0.25, -0.2) is 0 Å². The average molecular weight is 408 g/mol. The van der Waals surface area contributed by atoms with Crippen molar-refractivity contribution in [2.45, 2.75) is 38.7 Å². The molecule has 0 bridgehead atoms. The van der Waals surface area contributed by atoms with E-state index >= 15 is 0 Å². The number of aromatic nitrogens is 2. The molecule has 1 aromatic carbocycles. The number of fused-ring (bicyclic) bond motifs is 1. The van der Waals surface area contributed by atoms with E-state index in [0.717, 1.165) is 18.5 Å². The van der Waals surface area contributed by atoms with Crippen molar-refractivity contribution < 1.29 is 19.1 Å². The van der Waals surface area contributed by atoms with Crippen LogP contribution in [0.2, 0.25) is 0 Å². The highest BCUT2D eigenvalue weighted by atomic mass is 16.5. The van der Waals surface area contributed by atoms with Gasteiger partial charge in [0, 0.05) is 45.0 Å². The minimum Gasteiger partial charge on any atom is -0.473 e. The number of carbonyl (C=O) groups excluding carboxylic acids is 3. The van der Waals surface area contributed by atoms with E-state index in [-0.39, 0.29) is 30.4 Å². The van der Waals surface area contributed by atoms with Crippen molar-refractivity contribution in [2.24, 2.45) is 0 Å². The van der Waals surface area contributed by atoms with E-state index in [0.29, 0.717) is 42.9 Å². The summed E-state index contributed by atoms with van der Waals surface area (Å²) in [6, 6.07) is 10.5. The lowest BCUT2D eigenvalue weighted by Crippen LogP contribution is -2.42. The predicted octanol–water partition coefficient (Wildman–Crippen LogP) is 2.23. The second-order valence-electron chi connectivity index (χ2n) is 7.62. The largest absolute Gasteiger partial charge is 0.473 e. The standard InChI is InChI=1S/C22H24N4O4/c1-15-8-9-19(24-23-15)30-16-10-13-25(14-11-16)20(27)7-4-12-26-21(28)17-5-2-3-6-18(17)22(26)29/h2-3,5-6,8-9,16H,4,7,10-14H2,1H3. The third-order valence-corrected chi connectivity index (χ3v) is 5.51. The van der Waals surface area contributed by atoms with Gasteiger partial charge in [-0.15, -0.1) is 5.10 Å². The van der Waals surface area contributed by atoms with Gasteiger partial charge in [0.15, 0.2) is 0 Å². The van der Waals surface area contributed by atoms with Crippen LogP contribution in [0.4, 0.5) is 0 Å². The summed E-state index contributed by atoms with van der Waals surface area (Å²) in [5.74, 6) is -0.00746. The number of rotatable bonds is 6. The summed E-state index contributed by atoms with van der Waals surface area (Å²) in [7, 11) is 0. The lowest BCUT2D eigenvalue weighted by molar-refractivity contribution is -0.133. The highest BCUT2D eigenvalue weighted by Gasteiger charge is 2.34. The van der Waals surface area contributed by atoms with Crippen LogP contribution < -0.4 is 4.74 Å². The molecule has 0 N–H and O–H groups in total. The van der Waals surface area contributed by atoms with E-state index in [1.54, 1.807) is 30.3 Å². The van der Waals surface area contributed by atoms with Crippen LogP contribution in [0, 0.1) is 6.92 Å². The number of amides is 3. The zero-order valence-corrected chi connectivity index (χ0v) is 16.9. The molecular formula is C22H24N4O4. The van der Waals surface area contributed by atoms with Crippen LogP contribution >= 0.6 is 0 Å². The van der Waals surface area contributed by atoms with E-state index in [9.17, 15) is 14.4 Å². The monoisotopic (exact) mass is 408 g/mol. The Labute approximate surface area is 174 Å². The van der Waals surface area contributed by atoms with Crippen LogP contribution in [-0.2, 0) is 4.79 Å². The minimum atomic E-state index is -0.278. The quantitative estimate of drug-likeness (QED) is 0.681. The molecule has 2 aliphatic heterocycles. The van der Waals surface area contributed by atoms with E-state index in [2.05, 4.69) is 10.2 Å². The lowest BCUT2D eigenvalue weighted by atomic mass is 10.1. The maximum atomic E-state index is 12.5. The van der Waals surface area contributed by atoms with Gasteiger partial charge in [0.25, 0.3) is 11.8 Å². The predicted molar refractivity (Wildman–Crippen MR) is 108 cm³/mol. The lowest BCUT2D eigenvalue weighted by Gasteiger charge is -2.32. The Hall–Kier alpha value is -3.29. The van der Waals surface area contributed by atoms with Gasteiger partial charge in [-0.3, -0.25) is 19.3 Å². The van der Waals surface area contributed by atoms with Crippen LogP contribution in [-0.4, -0.2) is 63.5 Å². The van der Waals surface area contributed by atoms with Gasteiger partial charge in [-0.2, -0.15) is 5.10 Å². The highest BCUT2D eigenvalue weighted by Crippen LogP contribution is 2.23. The fraction of sp³-hybridized carbons (Fsp3) is 0.409. The summed E-state index contributed by atoms with van der Waals surface area (Å²) in [6.45, 7) is 3.37. The Morgan fingerprint density at radius 1 is 1.03 bits per heavy atom. The molecule has 0 spiro atoms. The number of aryl methyl sites for hydroxylation is 1.